The van der Waals surface area contributed by atoms with E-state index >= 15 is 0 Å². The Kier molecular flexibility index (Phi) is 7.91. The summed E-state index contributed by atoms with van der Waals surface area (Å²) in [5, 5.41) is 6.32. The average Bonchev–Trinajstić information content (AvgIpc) is 2.76. The normalized spacial score (nSPS) is 10.8. The van der Waals surface area contributed by atoms with Crippen LogP contribution in [0.25, 0.3) is 0 Å². The van der Waals surface area contributed by atoms with Crippen molar-refractivity contribution in [1.29, 1.82) is 0 Å². The topological polar surface area (TPSA) is 79.8 Å². The highest BCUT2D eigenvalue weighted by atomic mass is 79.9. The molecular formula is C22H15BrClF2N3O3. The Balaban J connectivity index is 1.54. The van der Waals surface area contributed by atoms with Gasteiger partial charge in [-0.1, -0.05) is 17.7 Å². The minimum absolute atomic E-state index is 0.0588. The number of rotatable bonds is 6. The van der Waals surface area contributed by atoms with Crippen LogP contribution in [0, 0.1) is 11.6 Å². The van der Waals surface area contributed by atoms with Crippen LogP contribution in [0.2, 0.25) is 5.02 Å². The zero-order valence-corrected chi connectivity index (χ0v) is 18.6. The second-order valence-corrected chi connectivity index (χ2v) is 7.60. The summed E-state index contributed by atoms with van der Waals surface area (Å²) < 4.78 is 32.9. The smallest absolute Gasteiger partial charge is 0.329 e. The van der Waals surface area contributed by atoms with E-state index < -0.39 is 23.4 Å². The second kappa shape index (κ2) is 10.8. The van der Waals surface area contributed by atoms with E-state index in [2.05, 4.69) is 31.8 Å². The van der Waals surface area contributed by atoms with E-state index in [-0.39, 0.29) is 22.9 Å². The van der Waals surface area contributed by atoms with Crippen LogP contribution in [0.3, 0.4) is 0 Å². The van der Waals surface area contributed by atoms with Gasteiger partial charge in [0, 0.05) is 11.3 Å². The van der Waals surface area contributed by atoms with Gasteiger partial charge in [-0.05, 0) is 76.1 Å². The summed E-state index contributed by atoms with van der Waals surface area (Å²) in [7, 11) is 0. The Morgan fingerprint density at radius 1 is 1.06 bits per heavy atom. The molecule has 0 aliphatic carbocycles. The van der Waals surface area contributed by atoms with E-state index in [1.807, 2.05) is 0 Å². The molecule has 3 rings (SSSR count). The van der Waals surface area contributed by atoms with Gasteiger partial charge in [0.05, 0.1) is 15.7 Å². The number of carbonyl (C=O) groups excluding carboxylic acids is 2. The quantitative estimate of drug-likeness (QED) is 0.270. The van der Waals surface area contributed by atoms with Crippen LogP contribution in [0.1, 0.15) is 11.1 Å². The number of carbonyl (C=O) groups is 2. The monoisotopic (exact) mass is 521 g/mol. The van der Waals surface area contributed by atoms with Crippen LogP contribution < -0.4 is 15.5 Å². The van der Waals surface area contributed by atoms with Crippen molar-refractivity contribution in [2.45, 2.75) is 6.61 Å². The molecule has 0 aliphatic heterocycles. The van der Waals surface area contributed by atoms with Crippen molar-refractivity contribution >= 4 is 51.2 Å². The third-order valence-corrected chi connectivity index (χ3v) is 5.05. The average molecular weight is 523 g/mol. The van der Waals surface area contributed by atoms with E-state index in [1.54, 1.807) is 24.3 Å². The largest absolute Gasteiger partial charge is 0.488 e. The number of anilines is 1. The number of hydrogen-bond acceptors (Lipinski definition) is 4. The Labute approximate surface area is 195 Å². The zero-order chi connectivity index (χ0) is 23.1. The van der Waals surface area contributed by atoms with Crippen molar-refractivity contribution in [3.8, 4) is 5.75 Å². The minimum Gasteiger partial charge on any atom is -0.488 e. The Hall–Kier alpha value is -3.30. The van der Waals surface area contributed by atoms with Crippen LogP contribution in [0.4, 0.5) is 14.5 Å². The molecule has 0 aliphatic rings. The van der Waals surface area contributed by atoms with Crippen LogP contribution in [0.15, 0.2) is 70.2 Å². The fourth-order valence-corrected chi connectivity index (χ4v) is 3.20. The maximum atomic E-state index is 13.8. The molecule has 0 unspecified atom stereocenters. The van der Waals surface area contributed by atoms with Gasteiger partial charge >= 0.3 is 11.8 Å². The molecule has 6 nitrogen and oxygen atoms in total. The van der Waals surface area contributed by atoms with E-state index in [0.717, 1.165) is 12.1 Å². The van der Waals surface area contributed by atoms with Crippen molar-refractivity contribution in [2.75, 3.05) is 5.32 Å². The molecule has 0 spiro atoms. The molecule has 0 saturated carbocycles. The second-order valence-electron chi connectivity index (χ2n) is 6.34. The summed E-state index contributed by atoms with van der Waals surface area (Å²) >= 11 is 9.34. The molecule has 0 saturated heterocycles. The van der Waals surface area contributed by atoms with Crippen molar-refractivity contribution in [3.63, 3.8) is 0 Å². The molecule has 2 N–H and O–H groups in total. The third-order valence-electron chi connectivity index (χ3n) is 4.08. The van der Waals surface area contributed by atoms with Crippen molar-refractivity contribution in [3.05, 3.63) is 92.9 Å². The van der Waals surface area contributed by atoms with E-state index in [1.165, 1.54) is 30.5 Å². The van der Waals surface area contributed by atoms with Gasteiger partial charge in [-0.3, -0.25) is 9.59 Å². The molecule has 0 aromatic heterocycles. The van der Waals surface area contributed by atoms with Gasteiger partial charge in [-0.2, -0.15) is 5.10 Å². The van der Waals surface area contributed by atoms with Crippen LogP contribution in [-0.2, 0) is 16.2 Å². The highest BCUT2D eigenvalue weighted by molar-refractivity contribution is 9.10. The SMILES string of the molecule is O=C(N/N=C\c1ccc(OCc2c(F)cccc2Cl)c(Br)c1)C(=O)Nc1ccc(F)cc1. The van der Waals surface area contributed by atoms with Crippen molar-refractivity contribution < 1.29 is 23.1 Å². The predicted molar refractivity (Wildman–Crippen MR) is 121 cm³/mol. The predicted octanol–water partition coefficient (Wildman–Crippen LogP) is 5.05. The van der Waals surface area contributed by atoms with Gasteiger partial charge in [0.15, 0.2) is 0 Å². The van der Waals surface area contributed by atoms with Crippen molar-refractivity contribution in [2.24, 2.45) is 5.10 Å². The first-order valence-electron chi connectivity index (χ1n) is 9.08. The number of nitrogens with zero attached hydrogens (tertiary/aromatic N) is 1. The lowest BCUT2D eigenvalue weighted by atomic mass is 10.2. The number of hydrogen-bond donors (Lipinski definition) is 2. The number of ether oxygens (including phenoxy) is 1. The van der Waals surface area contributed by atoms with E-state index in [4.69, 9.17) is 16.3 Å². The number of amides is 2. The van der Waals surface area contributed by atoms with Gasteiger partial charge in [-0.25, -0.2) is 14.2 Å². The summed E-state index contributed by atoms with van der Waals surface area (Å²) in [6, 6.07) is 14.3. The molecule has 10 heteroatoms. The molecule has 0 radical (unpaired) electrons. The minimum atomic E-state index is -0.994. The summed E-state index contributed by atoms with van der Waals surface area (Å²) in [5.74, 6) is -2.42. The number of benzene rings is 3. The standard InChI is InChI=1S/C22H15BrClF2N3O3/c23-17-10-13(4-9-20(17)32-12-16-18(24)2-1-3-19(16)26)11-27-29-22(31)21(30)28-15-7-5-14(25)6-8-15/h1-11H,12H2,(H,28,30)(H,29,31)/b27-11-. The van der Waals surface area contributed by atoms with Gasteiger partial charge in [0.2, 0.25) is 0 Å². The van der Waals surface area contributed by atoms with Gasteiger partial charge < -0.3 is 10.1 Å². The van der Waals surface area contributed by atoms with Crippen LogP contribution in [0.5, 0.6) is 5.75 Å². The summed E-state index contributed by atoms with van der Waals surface area (Å²) in [4.78, 5) is 23.6. The van der Waals surface area contributed by atoms with Crippen molar-refractivity contribution in [1.82, 2.24) is 5.43 Å². The lowest BCUT2D eigenvalue weighted by Gasteiger charge is -2.10. The number of hydrazone groups is 1. The lowest BCUT2D eigenvalue weighted by molar-refractivity contribution is -0.136. The molecule has 0 atom stereocenters. The summed E-state index contributed by atoms with van der Waals surface area (Å²) in [6.45, 7) is -0.0588. The summed E-state index contributed by atoms with van der Waals surface area (Å²) in [5.41, 5.74) is 3.20. The van der Waals surface area contributed by atoms with Gasteiger partial charge in [0.1, 0.15) is 24.0 Å². The molecule has 3 aromatic rings. The fraction of sp³-hybridized carbons (Fsp3) is 0.0455. The number of nitrogens with one attached hydrogen (secondary N) is 2. The maximum Gasteiger partial charge on any atom is 0.329 e. The number of halogens is 4. The van der Waals surface area contributed by atoms with Gasteiger partial charge in [-0.15, -0.1) is 0 Å². The molecule has 2 amide bonds. The van der Waals surface area contributed by atoms with Gasteiger partial charge in [0.25, 0.3) is 0 Å². The first kappa shape index (κ1) is 23.4. The summed E-state index contributed by atoms with van der Waals surface area (Å²) in [6.07, 6.45) is 1.32. The molecule has 0 fully saturated rings. The zero-order valence-electron chi connectivity index (χ0n) is 16.2. The molecular weight excluding hydrogens is 508 g/mol. The highest BCUT2D eigenvalue weighted by Gasteiger charge is 2.13. The fourth-order valence-electron chi connectivity index (χ4n) is 2.47. The maximum absolute atomic E-state index is 13.8. The lowest BCUT2D eigenvalue weighted by Crippen LogP contribution is -2.32. The third kappa shape index (κ3) is 6.35. The molecule has 32 heavy (non-hydrogen) atoms. The highest BCUT2D eigenvalue weighted by Crippen LogP contribution is 2.28. The first-order chi connectivity index (χ1) is 15.3. The van der Waals surface area contributed by atoms with Crippen LogP contribution >= 0.6 is 27.5 Å². The molecule has 0 heterocycles. The molecule has 164 valence electrons. The Bertz CT molecular complexity index is 1150. The molecule has 0 bridgehead atoms. The van der Waals surface area contributed by atoms with E-state index in [9.17, 15) is 18.4 Å². The Morgan fingerprint density at radius 3 is 2.50 bits per heavy atom. The van der Waals surface area contributed by atoms with Crippen LogP contribution in [-0.4, -0.2) is 18.0 Å². The van der Waals surface area contributed by atoms with E-state index in [0.29, 0.717) is 15.8 Å². The Morgan fingerprint density at radius 2 is 1.81 bits per heavy atom. The molecule has 3 aromatic carbocycles. The first-order valence-corrected chi connectivity index (χ1v) is 10.3.